The number of tetrazole rings is 1. The van der Waals surface area contributed by atoms with Gasteiger partial charge in [-0.15, -0.1) is 10.2 Å². The smallest absolute Gasteiger partial charge is 0.244 e. The van der Waals surface area contributed by atoms with Gasteiger partial charge in [0.2, 0.25) is 5.91 Å². The van der Waals surface area contributed by atoms with E-state index in [4.69, 9.17) is 0 Å². The van der Waals surface area contributed by atoms with Gasteiger partial charge in [-0.25, -0.2) is 0 Å². The summed E-state index contributed by atoms with van der Waals surface area (Å²) in [4.78, 5) is 11.5. The van der Waals surface area contributed by atoms with Crippen LogP contribution in [0.15, 0.2) is 34.8 Å². The second-order valence-corrected chi connectivity index (χ2v) is 4.35. The first-order valence-electron chi connectivity index (χ1n) is 5.18. The number of carbonyl (C=O) groups is 1. The van der Waals surface area contributed by atoms with Crippen LogP contribution < -0.4 is 5.32 Å². The molecule has 0 saturated carbocycles. The van der Waals surface area contributed by atoms with Gasteiger partial charge in [0.25, 0.3) is 0 Å². The minimum Gasteiger partial charge on any atom is -0.345 e. The first-order chi connectivity index (χ1) is 8.74. The Labute approximate surface area is 112 Å². The minimum atomic E-state index is -0.206. The van der Waals surface area contributed by atoms with Crippen LogP contribution in [0.1, 0.15) is 11.4 Å². The molecule has 0 aliphatic heterocycles. The lowest BCUT2D eigenvalue weighted by molar-refractivity contribution is -0.116. The predicted octanol–water partition coefficient (Wildman–Crippen LogP) is 1.29. The molecule has 18 heavy (non-hydrogen) atoms. The molecule has 1 amide bonds. The molecule has 0 aliphatic carbocycles. The van der Waals surface area contributed by atoms with E-state index in [9.17, 15) is 4.79 Å². The van der Waals surface area contributed by atoms with E-state index < -0.39 is 0 Å². The number of H-pyrrole nitrogens is 1. The van der Waals surface area contributed by atoms with Gasteiger partial charge >= 0.3 is 0 Å². The van der Waals surface area contributed by atoms with Gasteiger partial charge in [-0.1, -0.05) is 33.3 Å². The molecule has 0 aliphatic rings. The summed E-state index contributed by atoms with van der Waals surface area (Å²) in [6.45, 7) is 0.250. The highest BCUT2D eigenvalue weighted by Crippen LogP contribution is 2.11. The highest BCUT2D eigenvalue weighted by molar-refractivity contribution is 9.10. The van der Waals surface area contributed by atoms with E-state index in [1.165, 1.54) is 6.08 Å². The quantitative estimate of drug-likeness (QED) is 0.834. The molecule has 1 aromatic carbocycles. The van der Waals surface area contributed by atoms with E-state index in [-0.39, 0.29) is 12.5 Å². The van der Waals surface area contributed by atoms with Crippen molar-refractivity contribution in [3.8, 4) is 0 Å². The molecule has 0 fully saturated rings. The van der Waals surface area contributed by atoms with Crippen molar-refractivity contribution in [1.29, 1.82) is 0 Å². The van der Waals surface area contributed by atoms with Crippen molar-refractivity contribution < 1.29 is 4.79 Å². The van der Waals surface area contributed by atoms with E-state index in [0.29, 0.717) is 5.82 Å². The number of amides is 1. The molecule has 92 valence electrons. The first kappa shape index (κ1) is 12.4. The standard InChI is InChI=1S/C11H10BrN5O/c12-9-4-1-8(2-5-9)3-6-11(18)13-7-10-14-16-17-15-10/h1-6H,7H2,(H,13,18)(H,14,15,16,17). The molecule has 0 radical (unpaired) electrons. The topological polar surface area (TPSA) is 83.6 Å². The number of aromatic nitrogens is 4. The van der Waals surface area contributed by atoms with Crippen molar-refractivity contribution in [1.82, 2.24) is 25.9 Å². The molecule has 6 nitrogen and oxygen atoms in total. The van der Waals surface area contributed by atoms with Crippen LogP contribution in [0.25, 0.3) is 6.08 Å². The van der Waals surface area contributed by atoms with E-state index in [1.807, 2.05) is 24.3 Å². The predicted molar refractivity (Wildman–Crippen MR) is 69.2 cm³/mol. The Morgan fingerprint density at radius 2 is 2.17 bits per heavy atom. The molecule has 0 unspecified atom stereocenters. The zero-order valence-electron chi connectivity index (χ0n) is 9.30. The van der Waals surface area contributed by atoms with E-state index in [0.717, 1.165) is 10.0 Å². The van der Waals surface area contributed by atoms with Crippen LogP contribution in [-0.4, -0.2) is 26.5 Å². The summed E-state index contributed by atoms with van der Waals surface area (Å²) in [7, 11) is 0. The van der Waals surface area contributed by atoms with Crippen LogP contribution in [0.2, 0.25) is 0 Å². The van der Waals surface area contributed by atoms with Crippen LogP contribution in [-0.2, 0) is 11.3 Å². The molecule has 7 heteroatoms. The Kier molecular flexibility index (Phi) is 4.19. The van der Waals surface area contributed by atoms with Crippen LogP contribution in [0.4, 0.5) is 0 Å². The van der Waals surface area contributed by atoms with Crippen LogP contribution in [0.3, 0.4) is 0 Å². The molecule has 0 atom stereocenters. The molecule has 2 N–H and O–H groups in total. The summed E-state index contributed by atoms with van der Waals surface area (Å²) >= 11 is 3.35. The normalized spacial score (nSPS) is 10.7. The molecule has 2 rings (SSSR count). The number of benzene rings is 1. The maximum Gasteiger partial charge on any atom is 0.244 e. The Bertz CT molecular complexity index is 535. The van der Waals surface area contributed by atoms with Gasteiger partial charge in [-0.05, 0) is 23.8 Å². The van der Waals surface area contributed by atoms with E-state index >= 15 is 0 Å². The highest BCUT2D eigenvalue weighted by atomic mass is 79.9. The van der Waals surface area contributed by atoms with Gasteiger partial charge in [0.05, 0.1) is 6.54 Å². The fourth-order valence-electron chi connectivity index (χ4n) is 1.23. The summed E-state index contributed by atoms with van der Waals surface area (Å²) in [6, 6.07) is 7.65. The van der Waals surface area contributed by atoms with Gasteiger partial charge in [-0.2, -0.15) is 5.21 Å². The lowest BCUT2D eigenvalue weighted by Crippen LogP contribution is -2.20. The van der Waals surface area contributed by atoms with Gasteiger partial charge in [0.1, 0.15) is 0 Å². The SMILES string of the molecule is O=C(C=Cc1ccc(Br)cc1)NCc1nn[nH]n1. The average molecular weight is 308 g/mol. The van der Waals surface area contributed by atoms with Crippen molar-refractivity contribution in [3.63, 3.8) is 0 Å². The third-order valence-electron chi connectivity index (χ3n) is 2.11. The maximum atomic E-state index is 11.5. The number of nitrogens with zero attached hydrogens (tertiary/aromatic N) is 3. The lowest BCUT2D eigenvalue weighted by Gasteiger charge is -1.97. The summed E-state index contributed by atoms with van der Waals surface area (Å²) in [5, 5.41) is 15.8. The zero-order valence-corrected chi connectivity index (χ0v) is 10.9. The second kappa shape index (κ2) is 6.06. The highest BCUT2D eigenvalue weighted by Gasteiger charge is 1.99. The monoisotopic (exact) mass is 307 g/mol. The van der Waals surface area contributed by atoms with Crippen molar-refractivity contribution in [3.05, 3.63) is 46.2 Å². The number of rotatable bonds is 4. The first-order valence-corrected chi connectivity index (χ1v) is 5.97. The second-order valence-electron chi connectivity index (χ2n) is 3.43. The van der Waals surface area contributed by atoms with Gasteiger partial charge in [0.15, 0.2) is 5.82 Å². The largest absolute Gasteiger partial charge is 0.345 e. The average Bonchev–Trinajstić information content (AvgIpc) is 2.89. The Morgan fingerprint density at radius 3 is 2.83 bits per heavy atom. The molecule has 1 aromatic heterocycles. The van der Waals surface area contributed by atoms with Crippen molar-refractivity contribution in [2.75, 3.05) is 0 Å². The number of hydrogen-bond donors (Lipinski definition) is 2. The van der Waals surface area contributed by atoms with Gasteiger partial charge in [0, 0.05) is 10.5 Å². The summed E-state index contributed by atoms with van der Waals surface area (Å²) in [6.07, 6.45) is 3.20. The number of aromatic amines is 1. The molecule has 2 aromatic rings. The summed E-state index contributed by atoms with van der Waals surface area (Å²) in [5.74, 6) is 0.239. The third-order valence-corrected chi connectivity index (χ3v) is 2.64. The summed E-state index contributed by atoms with van der Waals surface area (Å²) < 4.78 is 1.00. The van der Waals surface area contributed by atoms with E-state index in [1.54, 1.807) is 6.08 Å². The number of carbonyl (C=O) groups excluding carboxylic acids is 1. The minimum absolute atomic E-state index is 0.206. The Hall–Kier alpha value is -2.02. The number of hydrogen-bond acceptors (Lipinski definition) is 4. The fraction of sp³-hybridized carbons (Fsp3) is 0.0909. The maximum absolute atomic E-state index is 11.5. The van der Waals surface area contributed by atoms with Crippen molar-refractivity contribution >= 4 is 27.9 Å². The van der Waals surface area contributed by atoms with Crippen LogP contribution in [0.5, 0.6) is 0 Å². The van der Waals surface area contributed by atoms with Crippen LogP contribution in [0, 0.1) is 0 Å². The van der Waals surface area contributed by atoms with E-state index in [2.05, 4.69) is 41.9 Å². The molecular weight excluding hydrogens is 298 g/mol. The van der Waals surface area contributed by atoms with Gasteiger partial charge < -0.3 is 5.32 Å². The molecule has 0 bridgehead atoms. The Balaban J connectivity index is 1.85. The number of nitrogens with one attached hydrogen (secondary N) is 2. The fourth-order valence-corrected chi connectivity index (χ4v) is 1.49. The third kappa shape index (κ3) is 3.77. The number of halogens is 1. The molecular formula is C11H10BrN5O. The van der Waals surface area contributed by atoms with Crippen molar-refractivity contribution in [2.45, 2.75) is 6.54 Å². The zero-order chi connectivity index (χ0) is 12.8. The van der Waals surface area contributed by atoms with Crippen LogP contribution >= 0.6 is 15.9 Å². The van der Waals surface area contributed by atoms with Crippen molar-refractivity contribution in [2.24, 2.45) is 0 Å². The molecule has 0 spiro atoms. The summed E-state index contributed by atoms with van der Waals surface area (Å²) in [5.41, 5.74) is 0.952. The lowest BCUT2D eigenvalue weighted by atomic mass is 10.2. The Morgan fingerprint density at radius 1 is 1.39 bits per heavy atom. The van der Waals surface area contributed by atoms with Gasteiger partial charge in [-0.3, -0.25) is 4.79 Å². The molecule has 0 saturated heterocycles. The molecule has 1 heterocycles.